The van der Waals surface area contributed by atoms with Crippen molar-refractivity contribution < 1.29 is 9.53 Å². The molecule has 0 fully saturated rings. The number of aromatic nitrogens is 3. The van der Waals surface area contributed by atoms with Gasteiger partial charge in [0.2, 0.25) is 5.95 Å². The van der Waals surface area contributed by atoms with Crippen LogP contribution in [0.2, 0.25) is 0 Å². The lowest BCUT2D eigenvalue weighted by Crippen LogP contribution is -2.31. The Morgan fingerprint density at radius 3 is 2.75 bits per heavy atom. The molecule has 7 heteroatoms. The van der Waals surface area contributed by atoms with Crippen LogP contribution in [0.15, 0.2) is 84.3 Å². The normalized spacial score (nSPS) is 15.2. The summed E-state index contributed by atoms with van der Waals surface area (Å²) in [5.74, 6) is 1.02. The van der Waals surface area contributed by atoms with Crippen molar-refractivity contribution in [2.24, 2.45) is 0 Å². The number of fused-ring (bicyclic) bond motifs is 2. The fraction of sp³-hybridized carbons (Fsp3) is 0.160. The monoisotopic (exact) mass is 425 g/mol. The molecule has 1 unspecified atom stereocenters. The number of hydrogen-bond acceptors (Lipinski definition) is 5. The van der Waals surface area contributed by atoms with Crippen LogP contribution in [0, 0.1) is 0 Å². The van der Waals surface area contributed by atoms with E-state index >= 15 is 0 Å². The van der Waals surface area contributed by atoms with Gasteiger partial charge in [-0.15, -0.1) is 0 Å². The molecule has 1 aliphatic rings. The van der Waals surface area contributed by atoms with E-state index in [2.05, 4.69) is 38.9 Å². The molecular formula is C25H23N5O2. The molecule has 2 N–H and O–H groups in total. The lowest BCUT2D eigenvalue weighted by molar-refractivity contribution is -0.113. The Labute approximate surface area is 185 Å². The Hall–Kier alpha value is -4.13. The second kappa shape index (κ2) is 8.19. The Bertz CT molecular complexity index is 1340. The minimum atomic E-state index is -0.431. The summed E-state index contributed by atoms with van der Waals surface area (Å²) in [4.78, 5) is 18.0. The number of hydrogen-bond donors (Lipinski definition) is 2. The third-order valence-electron chi connectivity index (χ3n) is 5.59. The summed E-state index contributed by atoms with van der Waals surface area (Å²) in [7, 11) is 0. The summed E-state index contributed by atoms with van der Waals surface area (Å²) in [5, 5.41) is 12.9. The van der Waals surface area contributed by atoms with Gasteiger partial charge in [-0.1, -0.05) is 54.6 Å². The first-order chi connectivity index (χ1) is 15.7. The quantitative estimate of drug-likeness (QED) is 0.482. The number of amides is 1. The average Bonchev–Trinajstić information content (AvgIpc) is 3.27. The highest BCUT2D eigenvalue weighted by molar-refractivity contribution is 6.07. The molecule has 0 radical (unpaired) electrons. The van der Waals surface area contributed by atoms with E-state index in [1.54, 1.807) is 4.68 Å². The number of anilines is 2. The van der Waals surface area contributed by atoms with Gasteiger partial charge in [-0.3, -0.25) is 4.79 Å². The molecule has 5 rings (SSSR count). The number of benzene rings is 3. The molecule has 7 nitrogen and oxygen atoms in total. The standard InChI is InChI=1S/C25H23N5O2/c1-3-32-21-14-7-6-13-20(21)29-24(31)22-16(2)28-25-26-15-27-30(25)23(22)19-12-8-10-17-9-4-5-11-18(17)19/h4-15,23H,3H2,1-2H3,(H,29,31)(H,26,27,28). The van der Waals surface area contributed by atoms with Crippen LogP contribution in [-0.4, -0.2) is 27.3 Å². The van der Waals surface area contributed by atoms with Crippen LogP contribution in [0.5, 0.6) is 5.75 Å². The van der Waals surface area contributed by atoms with Crippen molar-refractivity contribution >= 4 is 28.3 Å². The van der Waals surface area contributed by atoms with Crippen molar-refractivity contribution in [3.05, 3.63) is 89.9 Å². The average molecular weight is 425 g/mol. The van der Waals surface area contributed by atoms with Crippen molar-refractivity contribution in [2.75, 3.05) is 17.2 Å². The predicted octanol–water partition coefficient (Wildman–Crippen LogP) is 4.76. The molecule has 3 aromatic carbocycles. The van der Waals surface area contributed by atoms with Crippen LogP contribution in [0.25, 0.3) is 10.8 Å². The number of nitrogens with one attached hydrogen (secondary N) is 2. The van der Waals surface area contributed by atoms with E-state index in [-0.39, 0.29) is 5.91 Å². The highest BCUT2D eigenvalue weighted by atomic mass is 16.5. The second-order valence-corrected chi connectivity index (χ2v) is 7.55. The number of allylic oxidation sites excluding steroid dienone is 1. The van der Waals surface area contributed by atoms with E-state index in [4.69, 9.17) is 4.74 Å². The Morgan fingerprint density at radius 1 is 1.09 bits per heavy atom. The van der Waals surface area contributed by atoms with Crippen molar-refractivity contribution in [1.82, 2.24) is 14.8 Å². The van der Waals surface area contributed by atoms with Gasteiger partial charge in [-0.2, -0.15) is 10.1 Å². The minimum absolute atomic E-state index is 0.221. The predicted molar refractivity (Wildman–Crippen MR) is 125 cm³/mol. The maximum atomic E-state index is 13.7. The topological polar surface area (TPSA) is 81.1 Å². The summed E-state index contributed by atoms with van der Waals surface area (Å²) in [5.41, 5.74) is 2.92. The first-order valence-electron chi connectivity index (χ1n) is 10.6. The molecule has 0 saturated heterocycles. The zero-order chi connectivity index (χ0) is 22.1. The van der Waals surface area contributed by atoms with Crippen molar-refractivity contribution in [3.8, 4) is 5.75 Å². The van der Waals surface area contributed by atoms with Gasteiger partial charge in [0.25, 0.3) is 5.91 Å². The molecule has 0 aliphatic carbocycles. The van der Waals surface area contributed by atoms with Gasteiger partial charge in [0.15, 0.2) is 0 Å². The largest absolute Gasteiger partial charge is 0.492 e. The molecule has 2 heterocycles. The molecule has 4 aromatic rings. The van der Waals surface area contributed by atoms with Crippen molar-refractivity contribution in [1.29, 1.82) is 0 Å². The Kier molecular flexibility index (Phi) is 5.07. The highest BCUT2D eigenvalue weighted by Crippen LogP contribution is 2.38. The maximum absolute atomic E-state index is 13.7. The van der Waals surface area contributed by atoms with Gasteiger partial charge in [0.05, 0.1) is 17.9 Å². The smallest absolute Gasteiger partial charge is 0.255 e. The SMILES string of the molecule is CCOc1ccccc1NC(=O)C1=C(C)Nc2ncnn2C1c1cccc2ccccc12. The summed E-state index contributed by atoms with van der Waals surface area (Å²) < 4.78 is 7.45. The van der Waals surface area contributed by atoms with Crippen LogP contribution >= 0.6 is 0 Å². The van der Waals surface area contributed by atoms with Gasteiger partial charge in [0, 0.05) is 5.70 Å². The van der Waals surface area contributed by atoms with E-state index < -0.39 is 6.04 Å². The number of para-hydroxylation sites is 2. The molecule has 32 heavy (non-hydrogen) atoms. The zero-order valence-corrected chi connectivity index (χ0v) is 17.9. The maximum Gasteiger partial charge on any atom is 0.255 e. The molecule has 0 saturated carbocycles. The van der Waals surface area contributed by atoms with Gasteiger partial charge < -0.3 is 15.4 Å². The van der Waals surface area contributed by atoms with E-state index in [0.29, 0.717) is 29.6 Å². The van der Waals surface area contributed by atoms with Gasteiger partial charge in [-0.25, -0.2) is 4.68 Å². The van der Waals surface area contributed by atoms with Gasteiger partial charge >= 0.3 is 0 Å². The molecule has 1 amide bonds. The van der Waals surface area contributed by atoms with Gasteiger partial charge in [0.1, 0.15) is 18.1 Å². The van der Waals surface area contributed by atoms with E-state index in [1.807, 2.05) is 62.4 Å². The summed E-state index contributed by atoms with van der Waals surface area (Å²) in [6.07, 6.45) is 1.50. The van der Waals surface area contributed by atoms with Crippen LogP contribution in [0.1, 0.15) is 25.5 Å². The Balaban J connectivity index is 1.62. The molecule has 160 valence electrons. The lowest BCUT2D eigenvalue weighted by atomic mass is 9.91. The van der Waals surface area contributed by atoms with Crippen molar-refractivity contribution in [2.45, 2.75) is 19.9 Å². The number of carbonyl (C=O) groups is 1. The lowest BCUT2D eigenvalue weighted by Gasteiger charge is -2.29. The van der Waals surface area contributed by atoms with Crippen LogP contribution in [-0.2, 0) is 4.79 Å². The summed E-state index contributed by atoms with van der Waals surface area (Å²) in [6.45, 7) is 4.32. The third-order valence-corrected chi connectivity index (χ3v) is 5.59. The molecule has 0 spiro atoms. The molecule has 1 aromatic heterocycles. The van der Waals surface area contributed by atoms with Crippen LogP contribution in [0.4, 0.5) is 11.6 Å². The molecule has 0 bridgehead atoms. The number of nitrogens with zero attached hydrogens (tertiary/aromatic N) is 3. The van der Waals surface area contributed by atoms with E-state index in [9.17, 15) is 4.79 Å². The number of rotatable bonds is 5. The van der Waals surface area contributed by atoms with E-state index in [0.717, 1.165) is 22.0 Å². The Morgan fingerprint density at radius 2 is 1.88 bits per heavy atom. The zero-order valence-electron chi connectivity index (χ0n) is 17.9. The summed E-state index contributed by atoms with van der Waals surface area (Å²) in [6, 6.07) is 21.3. The van der Waals surface area contributed by atoms with E-state index in [1.165, 1.54) is 6.33 Å². The molecular weight excluding hydrogens is 402 g/mol. The highest BCUT2D eigenvalue weighted by Gasteiger charge is 2.34. The summed E-state index contributed by atoms with van der Waals surface area (Å²) >= 11 is 0. The van der Waals surface area contributed by atoms with Gasteiger partial charge in [-0.05, 0) is 42.3 Å². The third kappa shape index (κ3) is 3.37. The fourth-order valence-corrected chi connectivity index (χ4v) is 4.20. The van der Waals surface area contributed by atoms with Crippen molar-refractivity contribution in [3.63, 3.8) is 0 Å². The second-order valence-electron chi connectivity index (χ2n) is 7.55. The number of ether oxygens (including phenoxy) is 1. The molecule has 1 aliphatic heterocycles. The van der Waals surface area contributed by atoms with Crippen LogP contribution < -0.4 is 15.4 Å². The minimum Gasteiger partial charge on any atom is -0.492 e. The fourth-order valence-electron chi connectivity index (χ4n) is 4.20. The molecule has 1 atom stereocenters. The number of carbonyl (C=O) groups excluding carboxylic acids is 1. The first-order valence-corrected chi connectivity index (χ1v) is 10.6. The first kappa shape index (κ1) is 19.8. The van der Waals surface area contributed by atoms with Crippen LogP contribution in [0.3, 0.4) is 0 Å².